The first-order valence-corrected chi connectivity index (χ1v) is 9.71. The molecular weight excluding hydrogens is 332 g/mol. The van der Waals surface area contributed by atoms with E-state index in [2.05, 4.69) is 0 Å². The largest absolute Gasteiger partial charge is 0.468 e. The molecule has 5 heteroatoms. The summed E-state index contributed by atoms with van der Waals surface area (Å²) >= 11 is 0. The van der Waals surface area contributed by atoms with Gasteiger partial charge >= 0.3 is 5.97 Å². The summed E-state index contributed by atoms with van der Waals surface area (Å²) in [6.07, 6.45) is 9.76. The van der Waals surface area contributed by atoms with Crippen LogP contribution in [-0.4, -0.2) is 19.2 Å². The van der Waals surface area contributed by atoms with Crippen LogP contribution in [0.25, 0.3) is 0 Å². The SMILES string of the molecule is COc1oc(CCCCCCCCCC(C)OC(C)=O)c(C)c(=O)c1C. The van der Waals surface area contributed by atoms with Gasteiger partial charge in [-0.3, -0.25) is 9.59 Å². The summed E-state index contributed by atoms with van der Waals surface area (Å²) in [7, 11) is 1.53. The van der Waals surface area contributed by atoms with Gasteiger partial charge in [-0.15, -0.1) is 0 Å². The van der Waals surface area contributed by atoms with Crippen LogP contribution in [0.15, 0.2) is 9.21 Å². The van der Waals surface area contributed by atoms with Crippen molar-refractivity contribution in [2.75, 3.05) is 7.11 Å². The van der Waals surface area contributed by atoms with Gasteiger partial charge in [-0.05, 0) is 40.0 Å². The Balaban J connectivity index is 2.17. The molecule has 0 aliphatic rings. The van der Waals surface area contributed by atoms with Crippen molar-refractivity contribution in [3.8, 4) is 5.95 Å². The first-order chi connectivity index (χ1) is 12.4. The van der Waals surface area contributed by atoms with Crippen LogP contribution in [0.1, 0.15) is 82.1 Å². The highest BCUT2D eigenvalue weighted by molar-refractivity contribution is 5.66. The van der Waals surface area contributed by atoms with E-state index in [0.29, 0.717) is 17.1 Å². The van der Waals surface area contributed by atoms with Gasteiger partial charge in [0.2, 0.25) is 0 Å². The average molecular weight is 366 g/mol. The van der Waals surface area contributed by atoms with Crippen LogP contribution in [-0.2, 0) is 16.0 Å². The van der Waals surface area contributed by atoms with Crippen LogP contribution in [0.5, 0.6) is 5.95 Å². The Bertz CT molecular complexity index is 618. The summed E-state index contributed by atoms with van der Waals surface area (Å²) in [5.74, 6) is 0.880. The molecule has 148 valence electrons. The molecule has 0 N–H and O–H groups in total. The van der Waals surface area contributed by atoms with E-state index in [-0.39, 0.29) is 17.5 Å². The smallest absolute Gasteiger partial charge is 0.302 e. The Morgan fingerprint density at radius 1 is 1.00 bits per heavy atom. The van der Waals surface area contributed by atoms with E-state index in [1.165, 1.54) is 39.7 Å². The molecule has 0 aliphatic heterocycles. The number of carbonyl (C=O) groups excluding carboxylic acids is 1. The van der Waals surface area contributed by atoms with E-state index in [9.17, 15) is 9.59 Å². The van der Waals surface area contributed by atoms with Crippen LogP contribution >= 0.6 is 0 Å². The van der Waals surface area contributed by atoms with Crippen molar-refractivity contribution in [3.63, 3.8) is 0 Å². The molecule has 0 saturated heterocycles. The summed E-state index contributed by atoms with van der Waals surface area (Å²) in [5.41, 5.74) is 1.26. The minimum absolute atomic E-state index is 0.0195. The maximum absolute atomic E-state index is 12.1. The van der Waals surface area contributed by atoms with Gasteiger partial charge in [0.15, 0.2) is 5.43 Å². The van der Waals surface area contributed by atoms with Crippen LogP contribution in [0.2, 0.25) is 0 Å². The average Bonchev–Trinajstić information content (AvgIpc) is 2.59. The fraction of sp³-hybridized carbons (Fsp3) is 0.714. The van der Waals surface area contributed by atoms with Crippen molar-refractivity contribution in [2.24, 2.45) is 0 Å². The third kappa shape index (κ3) is 7.63. The molecule has 1 atom stereocenters. The molecule has 0 aromatic carbocycles. The molecule has 1 unspecified atom stereocenters. The second-order valence-corrected chi connectivity index (χ2v) is 7.03. The van der Waals surface area contributed by atoms with Crippen LogP contribution < -0.4 is 10.2 Å². The van der Waals surface area contributed by atoms with Crippen molar-refractivity contribution >= 4 is 5.97 Å². The quantitative estimate of drug-likeness (QED) is 0.389. The Hall–Kier alpha value is -1.78. The lowest BCUT2D eigenvalue weighted by atomic mass is 10.0. The third-order valence-electron chi connectivity index (χ3n) is 4.69. The fourth-order valence-corrected chi connectivity index (χ4v) is 3.14. The minimum Gasteiger partial charge on any atom is -0.468 e. The number of methoxy groups -OCH3 is 1. The first-order valence-electron chi connectivity index (χ1n) is 9.71. The zero-order valence-electron chi connectivity index (χ0n) is 17.0. The molecule has 0 saturated carbocycles. The molecule has 1 rings (SSSR count). The Kier molecular flexibility index (Phi) is 10.1. The second-order valence-electron chi connectivity index (χ2n) is 7.03. The lowest BCUT2D eigenvalue weighted by molar-refractivity contribution is -0.145. The lowest BCUT2D eigenvalue weighted by Crippen LogP contribution is -2.13. The molecule has 0 bridgehead atoms. The third-order valence-corrected chi connectivity index (χ3v) is 4.69. The summed E-state index contributed by atoms with van der Waals surface area (Å²) in [6.45, 7) is 6.95. The van der Waals surface area contributed by atoms with E-state index in [1.54, 1.807) is 6.92 Å². The summed E-state index contributed by atoms with van der Waals surface area (Å²) in [4.78, 5) is 23.0. The van der Waals surface area contributed by atoms with Gasteiger partial charge in [0.1, 0.15) is 5.76 Å². The lowest BCUT2D eigenvalue weighted by Gasteiger charge is -2.11. The van der Waals surface area contributed by atoms with Crippen molar-refractivity contribution in [3.05, 3.63) is 27.1 Å². The van der Waals surface area contributed by atoms with Crippen molar-refractivity contribution in [1.82, 2.24) is 0 Å². The molecule has 1 aromatic heterocycles. The normalized spacial score (nSPS) is 12.0. The first kappa shape index (κ1) is 22.3. The number of hydrogen-bond acceptors (Lipinski definition) is 5. The van der Waals surface area contributed by atoms with E-state index in [0.717, 1.165) is 37.9 Å². The Morgan fingerprint density at radius 3 is 2.15 bits per heavy atom. The van der Waals surface area contributed by atoms with Gasteiger partial charge in [-0.25, -0.2) is 0 Å². The van der Waals surface area contributed by atoms with Crippen LogP contribution in [0.3, 0.4) is 0 Å². The van der Waals surface area contributed by atoms with E-state index < -0.39 is 0 Å². The van der Waals surface area contributed by atoms with Crippen molar-refractivity contribution < 1.29 is 18.7 Å². The minimum atomic E-state index is -0.199. The molecule has 5 nitrogen and oxygen atoms in total. The van der Waals surface area contributed by atoms with Crippen molar-refractivity contribution in [2.45, 2.75) is 91.6 Å². The highest BCUT2D eigenvalue weighted by Crippen LogP contribution is 2.20. The van der Waals surface area contributed by atoms with Gasteiger partial charge in [0, 0.05) is 18.9 Å². The van der Waals surface area contributed by atoms with E-state index >= 15 is 0 Å². The number of hydrogen-bond donors (Lipinski definition) is 0. The highest BCUT2D eigenvalue weighted by atomic mass is 16.6. The summed E-state index contributed by atoms with van der Waals surface area (Å²) in [6, 6.07) is 0. The maximum atomic E-state index is 12.1. The number of unbranched alkanes of at least 4 members (excludes halogenated alkanes) is 6. The molecule has 1 aromatic rings. The number of aryl methyl sites for hydroxylation is 1. The van der Waals surface area contributed by atoms with Gasteiger partial charge in [-0.1, -0.05) is 32.1 Å². The molecule has 1 heterocycles. The molecule has 0 radical (unpaired) electrons. The van der Waals surface area contributed by atoms with Gasteiger partial charge < -0.3 is 13.9 Å². The van der Waals surface area contributed by atoms with E-state index in [4.69, 9.17) is 13.9 Å². The number of ether oxygens (including phenoxy) is 2. The van der Waals surface area contributed by atoms with Gasteiger partial charge in [0.25, 0.3) is 5.95 Å². The fourth-order valence-electron chi connectivity index (χ4n) is 3.14. The van der Waals surface area contributed by atoms with Gasteiger partial charge in [-0.2, -0.15) is 0 Å². The molecule has 0 fully saturated rings. The number of esters is 1. The molecule has 0 aliphatic carbocycles. The summed E-state index contributed by atoms with van der Waals surface area (Å²) in [5, 5.41) is 0. The number of carbonyl (C=O) groups is 1. The summed E-state index contributed by atoms with van der Waals surface area (Å²) < 4.78 is 16.0. The van der Waals surface area contributed by atoms with Crippen LogP contribution in [0, 0.1) is 13.8 Å². The molecular formula is C21H34O5. The zero-order valence-corrected chi connectivity index (χ0v) is 17.0. The van der Waals surface area contributed by atoms with E-state index in [1.807, 2.05) is 13.8 Å². The Labute approximate surface area is 157 Å². The molecule has 26 heavy (non-hydrogen) atoms. The predicted molar refractivity (Wildman–Crippen MR) is 103 cm³/mol. The second kappa shape index (κ2) is 11.8. The van der Waals surface area contributed by atoms with Crippen molar-refractivity contribution in [1.29, 1.82) is 0 Å². The highest BCUT2D eigenvalue weighted by Gasteiger charge is 2.13. The number of rotatable bonds is 12. The van der Waals surface area contributed by atoms with Crippen LogP contribution in [0.4, 0.5) is 0 Å². The zero-order chi connectivity index (χ0) is 19.5. The molecule has 0 spiro atoms. The Morgan fingerprint density at radius 2 is 1.58 bits per heavy atom. The monoisotopic (exact) mass is 366 g/mol. The van der Waals surface area contributed by atoms with Gasteiger partial charge in [0.05, 0.1) is 18.8 Å². The topological polar surface area (TPSA) is 65.7 Å². The predicted octanol–water partition coefficient (Wildman–Crippen LogP) is 4.88. The standard InChI is InChI=1S/C21H34O5/c1-15(25-18(4)22)13-11-9-7-6-8-10-12-14-19-16(2)20(23)17(3)21(24-5)26-19/h15H,6-14H2,1-5H3. The maximum Gasteiger partial charge on any atom is 0.302 e. The molecule has 0 amide bonds.